The summed E-state index contributed by atoms with van der Waals surface area (Å²) in [7, 11) is 0. The fourth-order valence-corrected chi connectivity index (χ4v) is 2.00. The Morgan fingerprint density at radius 2 is 2.31 bits per heavy atom. The predicted octanol–water partition coefficient (Wildman–Crippen LogP) is 1.00. The quantitative estimate of drug-likeness (QED) is 0.838. The van der Waals surface area contributed by atoms with Crippen LogP contribution in [-0.2, 0) is 4.79 Å². The predicted molar refractivity (Wildman–Crippen MR) is 59.9 cm³/mol. The molecule has 1 fully saturated rings. The van der Waals surface area contributed by atoms with Crippen LogP contribution in [0.3, 0.4) is 0 Å². The molecule has 0 aromatic carbocycles. The molecule has 6 heteroatoms. The first-order chi connectivity index (χ1) is 7.68. The van der Waals surface area contributed by atoms with Crippen LogP contribution in [0.2, 0.25) is 0 Å². The Morgan fingerprint density at radius 1 is 1.50 bits per heavy atom. The van der Waals surface area contributed by atoms with E-state index in [9.17, 15) is 9.59 Å². The van der Waals surface area contributed by atoms with Crippen LogP contribution in [0.4, 0.5) is 0 Å². The molecule has 2 heterocycles. The third kappa shape index (κ3) is 2.27. The molecule has 86 valence electrons. The average Bonchev–Trinajstić information content (AvgIpc) is 2.56. The zero-order valence-electron chi connectivity index (χ0n) is 8.53. The van der Waals surface area contributed by atoms with Crippen molar-refractivity contribution in [2.45, 2.75) is 6.42 Å². The molecular formula is C10H11BrN2O3. The summed E-state index contributed by atoms with van der Waals surface area (Å²) in [5.41, 5.74) is 0.495. The molecule has 16 heavy (non-hydrogen) atoms. The Kier molecular flexibility index (Phi) is 3.28. The molecule has 0 bridgehead atoms. The number of furan rings is 1. The molecule has 1 saturated heterocycles. The van der Waals surface area contributed by atoms with Gasteiger partial charge in [0.2, 0.25) is 5.91 Å². The highest BCUT2D eigenvalue weighted by Crippen LogP contribution is 2.19. The Bertz CT molecular complexity index is 416. The summed E-state index contributed by atoms with van der Waals surface area (Å²) in [6.45, 7) is 1.48. The number of amides is 2. The van der Waals surface area contributed by atoms with Crippen molar-refractivity contribution in [3.63, 3.8) is 0 Å². The Balaban J connectivity index is 2.10. The number of rotatable bonds is 1. The van der Waals surface area contributed by atoms with Gasteiger partial charge in [0.05, 0.1) is 11.8 Å². The van der Waals surface area contributed by atoms with Gasteiger partial charge in [0, 0.05) is 26.1 Å². The molecule has 1 aliphatic rings. The number of carbonyl (C=O) groups excluding carboxylic acids is 2. The normalized spacial score (nSPS) is 16.8. The van der Waals surface area contributed by atoms with Crippen molar-refractivity contribution in [1.82, 2.24) is 10.2 Å². The molecule has 1 aliphatic heterocycles. The van der Waals surface area contributed by atoms with Gasteiger partial charge in [-0.2, -0.15) is 0 Å². The van der Waals surface area contributed by atoms with Crippen LogP contribution in [0, 0.1) is 0 Å². The lowest BCUT2D eigenvalue weighted by molar-refractivity contribution is -0.120. The number of carbonyl (C=O) groups is 2. The maximum atomic E-state index is 12.0. The fraction of sp³-hybridized carbons (Fsp3) is 0.400. The van der Waals surface area contributed by atoms with Crippen LogP contribution in [-0.4, -0.2) is 36.3 Å². The smallest absolute Gasteiger partial charge is 0.258 e. The molecular weight excluding hydrogens is 276 g/mol. The second-order valence-electron chi connectivity index (χ2n) is 3.50. The lowest BCUT2D eigenvalue weighted by atomic mass is 10.3. The van der Waals surface area contributed by atoms with Crippen molar-refractivity contribution < 1.29 is 14.0 Å². The second-order valence-corrected chi connectivity index (χ2v) is 4.22. The number of nitrogens with zero attached hydrogens (tertiary/aromatic N) is 1. The lowest BCUT2D eigenvalue weighted by Crippen LogP contribution is -2.34. The van der Waals surface area contributed by atoms with Crippen LogP contribution in [0.15, 0.2) is 21.4 Å². The zero-order valence-corrected chi connectivity index (χ0v) is 10.1. The van der Waals surface area contributed by atoms with Crippen molar-refractivity contribution in [2.75, 3.05) is 19.6 Å². The second kappa shape index (κ2) is 4.69. The maximum Gasteiger partial charge on any atom is 0.258 e. The molecule has 0 radical (unpaired) electrons. The van der Waals surface area contributed by atoms with Gasteiger partial charge in [-0.1, -0.05) is 0 Å². The highest BCUT2D eigenvalue weighted by atomic mass is 79.9. The summed E-state index contributed by atoms with van der Waals surface area (Å²) < 4.78 is 5.45. The fourth-order valence-electron chi connectivity index (χ4n) is 1.59. The Hall–Kier alpha value is -1.30. The molecule has 2 amide bonds. The summed E-state index contributed by atoms with van der Waals surface area (Å²) in [5, 5.41) is 2.72. The standard InChI is InChI=1S/C10H11BrN2O3/c11-9-7(2-6-16-9)10(15)13-4-1-8(14)12-3-5-13/h2,6H,1,3-5H2,(H,12,14). The van der Waals surface area contributed by atoms with Gasteiger partial charge in [0.15, 0.2) is 4.67 Å². The molecule has 1 aromatic rings. The summed E-state index contributed by atoms with van der Waals surface area (Å²) >= 11 is 3.17. The zero-order chi connectivity index (χ0) is 11.5. The van der Waals surface area contributed by atoms with E-state index in [-0.39, 0.29) is 11.8 Å². The summed E-state index contributed by atoms with van der Waals surface area (Å²) in [4.78, 5) is 24.8. The first kappa shape index (κ1) is 11.2. The number of hydrogen-bond donors (Lipinski definition) is 1. The topological polar surface area (TPSA) is 62.6 Å². The van der Waals surface area contributed by atoms with Gasteiger partial charge in [-0.25, -0.2) is 0 Å². The summed E-state index contributed by atoms with van der Waals surface area (Å²) in [6, 6.07) is 1.62. The number of halogens is 1. The highest BCUT2D eigenvalue weighted by Gasteiger charge is 2.22. The number of nitrogens with one attached hydrogen (secondary N) is 1. The van der Waals surface area contributed by atoms with Crippen molar-refractivity contribution >= 4 is 27.7 Å². The summed E-state index contributed by atoms with van der Waals surface area (Å²) in [5.74, 6) is -0.126. The minimum atomic E-state index is -0.114. The van der Waals surface area contributed by atoms with Gasteiger partial charge in [-0.15, -0.1) is 0 Å². The Labute approximate surface area is 101 Å². The van der Waals surface area contributed by atoms with Crippen LogP contribution in [0.25, 0.3) is 0 Å². The van der Waals surface area contributed by atoms with Gasteiger partial charge < -0.3 is 14.6 Å². The van der Waals surface area contributed by atoms with E-state index >= 15 is 0 Å². The third-order valence-corrected chi connectivity index (χ3v) is 3.06. The molecule has 0 saturated carbocycles. The van der Waals surface area contributed by atoms with E-state index in [0.717, 1.165) is 0 Å². The SMILES string of the molecule is O=C1CCN(C(=O)c2ccoc2Br)CCN1. The van der Waals surface area contributed by atoms with Crippen molar-refractivity contribution in [1.29, 1.82) is 0 Å². The van der Waals surface area contributed by atoms with Gasteiger partial charge in [-0.3, -0.25) is 9.59 Å². The van der Waals surface area contributed by atoms with E-state index in [1.54, 1.807) is 11.0 Å². The molecule has 0 spiro atoms. The van der Waals surface area contributed by atoms with Crippen molar-refractivity contribution in [3.8, 4) is 0 Å². The van der Waals surface area contributed by atoms with E-state index in [0.29, 0.717) is 36.3 Å². The van der Waals surface area contributed by atoms with Gasteiger partial charge in [0.1, 0.15) is 0 Å². The van der Waals surface area contributed by atoms with Crippen molar-refractivity contribution in [2.24, 2.45) is 0 Å². The largest absolute Gasteiger partial charge is 0.457 e. The van der Waals surface area contributed by atoms with Gasteiger partial charge >= 0.3 is 0 Å². The highest BCUT2D eigenvalue weighted by molar-refractivity contribution is 9.10. The van der Waals surface area contributed by atoms with E-state index in [1.165, 1.54) is 6.26 Å². The van der Waals surface area contributed by atoms with Crippen LogP contribution in [0.1, 0.15) is 16.8 Å². The molecule has 0 atom stereocenters. The van der Waals surface area contributed by atoms with Gasteiger partial charge in [0.25, 0.3) is 5.91 Å². The van der Waals surface area contributed by atoms with E-state index < -0.39 is 0 Å². The van der Waals surface area contributed by atoms with Crippen molar-refractivity contribution in [3.05, 3.63) is 22.6 Å². The molecule has 5 nitrogen and oxygen atoms in total. The van der Waals surface area contributed by atoms with E-state index in [1.807, 2.05) is 0 Å². The first-order valence-corrected chi connectivity index (χ1v) is 5.77. The first-order valence-electron chi connectivity index (χ1n) is 4.97. The monoisotopic (exact) mass is 286 g/mol. The molecule has 0 aliphatic carbocycles. The minimum absolute atomic E-state index is 0.0124. The minimum Gasteiger partial charge on any atom is -0.457 e. The Morgan fingerprint density at radius 3 is 3.00 bits per heavy atom. The maximum absolute atomic E-state index is 12.0. The molecule has 0 unspecified atom stereocenters. The van der Waals surface area contributed by atoms with Crippen LogP contribution in [0.5, 0.6) is 0 Å². The number of hydrogen-bond acceptors (Lipinski definition) is 3. The van der Waals surface area contributed by atoms with Crippen LogP contribution >= 0.6 is 15.9 Å². The third-order valence-electron chi connectivity index (χ3n) is 2.45. The lowest BCUT2D eigenvalue weighted by Gasteiger charge is -2.18. The molecule has 1 N–H and O–H groups in total. The van der Waals surface area contributed by atoms with Gasteiger partial charge in [-0.05, 0) is 22.0 Å². The van der Waals surface area contributed by atoms with Crippen LogP contribution < -0.4 is 5.32 Å². The summed E-state index contributed by atoms with van der Waals surface area (Å²) in [6.07, 6.45) is 1.81. The van der Waals surface area contributed by atoms with E-state index in [4.69, 9.17) is 4.42 Å². The molecule has 2 rings (SSSR count). The molecule has 1 aromatic heterocycles. The average molecular weight is 287 g/mol. The van der Waals surface area contributed by atoms with E-state index in [2.05, 4.69) is 21.2 Å².